The molecule has 3 heteroatoms. The van der Waals surface area contributed by atoms with Gasteiger partial charge in [-0.25, -0.2) is 8.78 Å². The maximum atomic E-state index is 13.3. The highest BCUT2D eigenvalue weighted by atomic mass is 32.2. The second kappa shape index (κ2) is 7.18. The van der Waals surface area contributed by atoms with E-state index in [1.165, 1.54) is 29.8 Å². The summed E-state index contributed by atoms with van der Waals surface area (Å²) in [6, 6.07) is 21.6. The molecule has 0 amide bonds. The van der Waals surface area contributed by atoms with E-state index in [-0.39, 0.29) is 22.5 Å². The van der Waals surface area contributed by atoms with Gasteiger partial charge in [0.2, 0.25) is 0 Å². The van der Waals surface area contributed by atoms with Gasteiger partial charge in [0, 0.05) is 0 Å². The van der Waals surface area contributed by atoms with E-state index in [1.807, 2.05) is 0 Å². The fraction of sp³-hybridized carbons (Fsp3) is 0.143. The van der Waals surface area contributed by atoms with Crippen LogP contribution in [-0.4, -0.2) is 0 Å². The summed E-state index contributed by atoms with van der Waals surface area (Å²) in [6.45, 7) is 4.32. The second-order valence-electron chi connectivity index (χ2n) is 5.94. The van der Waals surface area contributed by atoms with Gasteiger partial charge in [0.05, 0.1) is 10.9 Å². The summed E-state index contributed by atoms with van der Waals surface area (Å²) in [5.41, 5.74) is 1.28. The summed E-state index contributed by atoms with van der Waals surface area (Å²) in [4.78, 5) is 3.17. The highest BCUT2D eigenvalue weighted by Crippen LogP contribution is 2.32. The maximum Gasteiger partial charge on any atom is 0.166 e. The van der Waals surface area contributed by atoms with Crippen molar-refractivity contribution in [3.63, 3.8) is 0 Å². The molecule has 24 heavy (non-hydrogen) atoms. The van der Waals surface area contributed by atoms with Crippen molar-refractivity contribution in [1.82, 2.24) is 0 Å². The molecule has 0 saturated heterocycles. The van der Waals surface area contributed by atoms with Gasteiger partial charge in [-0.15, -0.1) is 0 Å². The first-order valence-corrected chi connectivity index (χ1v) is 9.12. The zero-order valence-corrected chi connectivity index (χ0v) is 14.5. The SMILES string of the molecule is CC(C)c1ccc([S+](c2ccc(F)cc2)c2ccc(F)cc2)cc1. The third kappa shape index (κ3) is 3.68. The van der Waals surface area contributed by atoms with Crippen LogP contribution in [0.5, 0.6) is 0 Å². The summed E-state index contributed by atoms with van der Waals surface area (Å²) < 4.78 is 26.6. The van der Waals surface area contributed by atoms with Crippen LogP contribution in [0.25, 0.3) is 0 Å². The van der Waals surface area contributed by atoms with Crippen LogP contribution in [-0.2, 0) is 10.9 Å². The first kappa shape index (κ1) is 16.7. The average Bonchev–Trinajstić information content (AvgIpc) is 2.59. The van der Waals surface area contributed by atoms with Crippen LogP contribution in [0, 0.1) is 11.6 Å². The molecule has 0 nitrogen and oxygen atoms in total. The zero-order chi connectivity index (χ0) is 17.1. The molecule has 3 rings (SSSR count). The molecule has 0 aromatic heterocycles. The minimum atomic E-state index is -0.386. The van der Waals surface area contributed by atoms with Crippen molar-refractivity contribution in [3.8, 4) is 0 Å². The van der Waals surface area contributed by atoms with E-state index in [4.69, 9.17) is 0 Å². The maximum absolute atomic E-state index is 13.3. The standard InChI is InChI=1S/C21H19F2S/c1-15(2)16-3-9-19(10-4-16)24(20-11-5-17(22)6-12-20)21-13-7-18(23)8-14-21/h3-15H,1-2H3/q+1. The van der Waals surface area contributed by atoms with Crippen LogP contribution < -0.4 is 0 Å². The van der Waals surface area contributed by atoms with Crippen molar-refractivity contribution in [1.29, 1.82) is 0 Å². The van der Waals surface area contributed by atoms with Gasteiger partial charge in [0.25, 0.3) is 0 Å². The van der Waals surface area contributed by atoms with Crippen molar-refractivity contribution < 1.29 is 8.78 Å². The predicted octanol–water partition coefficient (Wildman–Crippen LogP) is 6.18. The zero-order valence-electron chi connectivity index (χ0n) is 13.7. The molecular weight excluding hydrogens is 322 g/mol. The Morgan fingerprint density at radius 1 is 0.583 bits per heavy atom. The molecule has 0 spiro atoms. The van der Waals surface area contributed by atoms with Crippen LogP contribution in [0.15, 0.2) is 87.5 Å². The normalized spacial score (nSPS) is 11.2. The summed E-state index contributed by atoms with van der Waals surface area (Å²) in [6.07, 6.45) is 0. The van der Waals surface area contributed by atoms with E-state index in [9.17, 15) is 8.78 Å². The highest BCUT2D eigenvalue weighted by molar-refractivity contribution is 7.97. The Labute approximate surface area is 144 Å². The van der Waals surface area contributed by atoms with Gasteiger partial charge in [0.15, 0.2) is 14.7 Å². The predicted molar refractivity (Wildman–Crippen MR) is 95.5 cm³/mol. The molecule has 0 radical (unpaired) electrons. The van der Waals surface area contributed by atoms with Gasteiger partial charge < -0.3 is 0 Å². The summed E-state index contributed by atoms with van der Waals surface area (Å²) in [7, 11) is -0.386. The third-order valence-electron chi connectivity index (χ3n) is 3.88. The number of halogens is 2. The summed E-state index contributed by atoms with van der Waals surface area (Å²) in [5, 5.41) is 0. The van der Waals surface area contributed by atoms with E-state index in [0.29, 0.717) is 5.92 Å². The molecule has 0 heterocycles. The lowest BCUT2D eigenvalue weighted by Crippen LogP contribution is -2.05. The van der Waals surface area contributed by atoms with E-state index >= 15 is 0 Å². The van der Waals surface area contributed by atoms with Crippen LogP contribution in [0.3, 0.4) is 0 Å². The van der Waals surface area contributed by atoms with Gasteiger partial charge in [-0.3, -0.25) is 0 Å². The molecule has 0 aliphatic heterocycles. The summed E-state index contributed by atoms with van der Waals surface area (Å²) in [5.74, 6) is -0.0365. The third-order valence-corrected chi connectivity index (χ3v) is 6.11. The van der Waals surface area contributed by atoms with Crippen LogP contribution in [0.4, 0.5) is 8.78 Å². The van der Waals surface area contributed by atoms with Gasteiger partial charge in [0.1, 0.15) is 11.6 Å². The minimum Gasteiger partial charge on any atom is -0.207 e. The van der Waals surface area contributed by atoms with E-state index in [1.54, 1.807) is 24.3 Å². The number of hydrogen-bond acceptors (Lipinski definition) is 0. The molecule has 3 aromatic carbocycles. The number of hydrogen-bond donors (Lipinski definition) is 0. The fourth-order valence-corrected chi connectivity index (χ4v) is 4.58. The molecule has 0 N–H and O–H groups in total. The van der Waals surface area contributed by atoms with Crippen molar-refractivity contribution >= 4 is 10.9 Å². The quantitative estimate of drug-likeness (QED) is 0.497. The number of benzene rings is 3. The topological polar surface area (TPSA) is 0 Å². The van der Waals surface area contributed by atoms with E-state index < -0.39 is 0 Å². The molecule has 3 aromatic rings. The fourth-order valence-electron chi connectivity index (χ4n) is 2.54. The molecule has 0 saturated carbocycles. The monoisotopic (exact) mass is 341 g/mol. The molecule has 0 bridgehead atoms. The molecule has 0 aliphatic rings. The minimum absolute atomic E-state index is 0.253. The first-order valence-electron chi connectivity index (χ1n) is 7.90. The van der Waals surface area contributed by atoms with Gasteiger partial charge in [-0.05, 0) is 72.1 Å². The van der Waals surface area contributed by atoms with Crippen LogP contribution >= 0.6 is 0 Å². The van der Waals surface area contributed by atoms with Crippen LogP contribution in [0.1, 0.15) is 25.3 Å². The van der Waals surface area contributed by atoms with Crippen LogP contribution in [0.2, 0.25) is 0 Å². The lowest BCUT2D eigenvalue weighted by Gasteiger charge is -2.10. The Balaban J connectivity index is 2.07. The highest BCUT2D eigenvalue weighted by Gasteiger charge is 2.28. The van der Waals surface area contributed by atoms with E-state index in [0.717, 1.165) is 14.7 Å². The van der Waals surface area contributed by atoms with Gasteiger partial charge in [-0.2, -0.15) is 0 Å². The number of rotatable bonds is 4. The Kier molecular flexibility index (Phi) is 5.00. The first-order chi connectivity index (χ1) is 11.5. The Hall–Kier alpha value is -2.13. The largest absolute Gasteiger partial charge is 0.207 e. The van der Waals surface area contributed by atoms with Crippen molar-refractivity contribution in [2.24, 2.45) is 0 Å². The molecule has 0 unspecified atom stereocenters. The molecule has 0 atom stereocenters. The van der Waals surface area contributed by atoms with E-state index in [2.05, 4.69) is 38.1 Å². The smallest absolute Gasteiger partial charge is 0.166 e. The van der Waals surface area contributed by atoms with Gasteiger partial charge in [-0.1, -0.05) is 26.0 Å². The Bertz CT molecular complexity index is 745. The van der Waals surface area contributed by atoms with Crippen molar-refractivity contribution in [2.75, 3.05) is 0 Å². The second-order valence-corrected chi connectivity index (χ2v) is 7.96. The lowest BCUT2D eigenvalue weighted by atomic mass is 10.0. The molecular formula is C21H19F2S+. The Morgan fingerprint density at radius 2 is 0.917 bits per heavy atom. The Morgan fingerprint density at radius 3 is 1.25 bits per heavy atom. The molecule has 0 fully saturated rings. The lowest BCUT2D eigenvalue weighted by molar-refractivity contribution is 0.626. The summed E-state index contributed by atoms with van der Waals surface area (Å²) >= 11 is 0. The van der Waals surface area contributed by atoms with Gasteiger partial charge >= 0.3 is 0 Å². The molecule has 0 aliphatic carbocycles. The van der Waals surface area contributed by atoms with Crippen molar-refractivity contribution in [3.05, 3.63) is 90.0 Å². The molecule has 122 valence electrons. The average molecular weight is 341 g/mol. The van der Waals surface area contributed by atoms with Crippen molar-refractivity contribution in [2.45, 2.75) is 34.5 Å².